The number of aliphatic hydroxyl groups excluding tert-OH is 2. The van der Waals surface area contributed by atoms with Crippen LogP contribution in [0.4, 0.5) is 0 Å². The largest absolute Gasteiger partial charge is 0.507 e. The Hall–Kier alpha value is -1.39. The van der Waals surface area contributed by atoms with Crippen molar-refractivity contribution >= 4 is 6.21 Å². The fourth-order valence-electron chi connectivity index (χ4n) is 1.13. The molecule has 88 valence electrons. The molecule has 0 aliphatic rings. The maximum absolute atomic E-state index is 9.56. The molecule has 0 radical (unpaired) electrons. The fourth-order valence-corrected chi connectivity index (χ4v) is 1.13. The molecule has 0 spiro atoms. The van der Waals surface area contributed by atoms with E-state index in [1.54, 1.807) is 25.1 Å². The summed E-state index contributed by atoms with van der Waals surface area (Å²) in [5.41, 5.74) is 0.679. The standard InChI is InChI=1S/C12H17NO3/c1-9-3-4-11(16)10(5-9)6-13-12(2,7-14)8-15/h3-6,14-16H,7-8H2,1-2H3. The third kappa shape index (κ3) is 3.05. The van der Waals surface area contributed by atoms with E-state index >= 15 is 0 Å². The first-order chi connectivity index (χ1) is 7.50. The van der Waals surface area contributed by atoms with E-state index in [0.717, 1.165) is 5.56 Å². The Labute approximate surface area is 94.9 Å². The number of aryl methyl sites for hydroxylation is 1. The first kappa shape index (κ1) is 12.7. The van der Waals surface area contributed by atoms with Gasteiger partial charge >= 0.3 is 0 Å². The number of benzene rings is 1. The smallest absolute Gasteiger partial charge is 0.124 e. The molecule has 1 aromatic rings. The SMILES string of the molecule is Cc1ccc(O)c(C=NC(C)(CO)CO)c1. The van der Waals surface area contributed by atoms with Crippen molar-refractivity contribution in [1.82, 2.24) is 0 Å². The van der Waals surface area contributed by atoms with Gasteiger partial charge in [0.1, 0.15) is 11.3 Å². The molecule has 0 amide bonds. The monoisotopic (exact) mass is 223 g/mol. The quantitative estimate of drug-likeness (QED) is 0.663. The summed E-state index contributed by atoms with van der Waals surface area (Å²) in [4.78, 5) is 4.08. The van der Waals surface area contributed by atoms with E-state index in [0.29, 0.717) is 5.56 Å². The van der Waals surface area contributed by atoms with Crippen LogP contribution < -0.4 is 0 Å². The van der Waals surface area contributed by atoms with Gasteiger partial charge in [-0.15, -0.1) is 0 Å². The minimum atomic E-state index is -0.907. The van der Waals surface area contributed by atoms with E-state index in [4.69, 9.17) is 10.2 Å². The molecule has 0 bridgehead atoms. The van der Waals surface area contributed by atoms with Gasteiger partial charge in [0.2, 0.25) is 0 Å². The van der Waals surface area contributed by atoms with Crippen LogP contribution in [0.15, 0.2) is 23.2 Å². The van der Waals surface area contributed by atoms with Crippen molar-refractivity contribution < 1.29 is 15.3 Å². The van der Waals surface area contributed by atoms with Gasteiger partial charge in [0.25, 0.3) is 0 Å². The van der Waals surface area contributed by atoms with E-state index in [1.165, 1.54) is 6.21 Å². The number of aliphatic hydroxyl groups is 2. The van der Waals surface area contributed by atoms with Crippen LogP contribution in [-0.4, -0.2) is 40.3 Å². The van der Waals surface area contributed by atoms with Gasteiger partial charge in [0.05, 0.1) is 13.2 Å². The number of phenolic OH excluding ortho intramolecular Hbond substituents is 1. The molecule has 3 N–H and O–H groups in total. The Bertz CT molecular complexity index is 384. The van der Waals surface area contributed by atoms with Gasteiger partial charge in [-0.25, -0.2) is 0 Å². The molecule has 0 heterocycles. The highest BCUT2D eigenvalue weighted by atomic mass is 16.3. The van der Waals surface area contributed by atoms with Crippen LogP contribution in [0.1, 0.15) is 18.1 Å². The van der Waals surface area contributed by atoms with Crippen LogP contribution in [0.25, 0.3) is 0 Å². The molecule has 0 aromatic heterocycles. The van der Waals surface area contributed by atoms with Gasteiger partial charge in [-0.1, -0.05) is 11.6 Å². The van der Waals surface area contributed by atoms with Crippen molar-refractivity contribution in [3.8, 4) is 5.75 Å². The van der Waals surface area contributed by atoms with E-state index in [1.807, 2.05) is 6.92 Å². The van der Waals surface area contributed by atoms with E-state index < -0.39 is 5.54 Å². The molecule has 4 nitrogen and oxygen atoms in total. The van der Waals surface area contributed by atoms with Crippen molar-refractivity contribution in [3.05, 3.63) is 29.3 Å². The van der Waals surface area contributed by atoms with Crippen LogP contribution in [0.5, 0.6) is 5.75 Å². The Morgan fingerprint density at radius 3 is 2.50 bits per heavy atom. The molecule has 0 saturated carbocycles. The molecule has 0 fully saturated rings. The number of nitrogens with zero attached hydrogens (tertiary/aromatic N) is 1. The molecule has 0 saturated heterocycles. The first-order valence-corrected chi connectivity index (χ1v) is 5.07. The minimum Gasteiger partial charge on any atom is -0.507 e. The highest BCUT2D eigenvalue weighted by Gasteiger charge is 2.19. The predicted octanol–water partition coefficient (Wildman–Crippen LogP) is 0.863. The fraction of sp³-hybridized carbons (Fsp3) is 0.417. The normalized spacial score (nSPS) is 12.2. The molecule has 0 aliphatic heterocycles. The van der Waals surface area contributed by atoms with Crippen molar-refractivity contribution in [1.29, 1.82) is 0 Å². The molecular weight excluding hydrogens is 206 g/mol. The summed E-state index contributed by atoms with van der Waals surface area (Å²) in [6.45, 7) is 3.06. The number of phenols is 1. The Kier molecular flexibility index (Phi) is 4.04. The van der Waals surface area contributed by atoms with Crippen molar-refractivity contribution in [2.24, 2.45) is 4.99 Å². The van der Waals surface area contributed by atoms with Crippen LogP contribution in [-0.2, 0) is 0 Å². The second kappa shape index (κ2) is 5.09. The second-order valence-corrected chi connectivity index (χ2v) is 4.13. The lowest BCUT2D eigenvalue weighted by atomic mass is 10.1. The van der Waals surface area contributed by atoms with E-state index in [9.17, 15) is 5.11 Å². The molecule has 0 aliphatic carbocycles. The van der Waals surface area contributed by atoms with Crippen molar-refractivity contribution in [2.45, 2.75) is 19.4 Å². The van der Waals surface area contributed by atoms with Crippen molar-refractivity contribution in [3.63, 3.8) is 0 Å². The lowest BCUT2D eigenvalue weighted by Crippen LogP contribution is -2.31. The zero-order chi connectivity index (χ0) is 12.2. The highest BCUT2D eigenvalue weighted by Crippen LogP contribution is 2.17. The molecular formula is C12H17NO3. The predicted molar refractivity (Wildman–Crippen MR) is 63.0 cm³/mol. The average Bonchev–Trinajstić information content (AvgIpc) is 2.30. The van der Waals surface area contributed by atoms with Gasteiger partial charge in [0.15, 0.2) is 0 Å². The maximum Gasteiger partial charge on any atom is 0.124 e. The third-order valence-electron chi connectivity index (χ3n) is 2.38. The average molecular weight is 223 g/mol. The van der Waals surface area contributed by atoms with Crippen molar-refractivity contribution in [2.75, 3.05) is 13.2 Å². The summed E-state index contributed by atoms with van der Waals surface area (Å²) < 4.78 is 0. The lowest BCUT2D eigenvalue weighted by molar-refractivity contribution is 0.136. The highest BCUT2D eigenvalue weighted by molar-refractivity contribution is 5.83. The number of hydrogen-bond acceptors (Lipinski definition) is 4. The zero-order valence-corrected chi connectivity index (χ0v) is 9.51. The molecule has 0 unspecified atom stereocenters. The van der Waals surface area contributed by atoms with Gasteiger partial charge in [-0.05, 0) is 26.0 Å². The lowest BCUT2D eigenvalue weighted by Gasteiger charge is -2.18. The topological polar surface area (TPSA) is 73.1 Å². The van der Waals surface area contributed by atoms with Gasteiger partial charge in [-0.2, -0.15) is 0 Å². The number of aromatic hydroxyl groups is 1. The number of rotatable bonds is 4. The minimum absolute atomic E-state index is 0.132. The van der Waals surface area contributed by atoms with Gasteiger partial charge in [-0.3, -0.25) is 4.99 Å². The molecule has 1 aromatic carbocycles. The van der Waals surface area contributed by atoms with Crippen LogP contribution >= 0.6 is 0 Å². The van der Waals surface area contributed by atoms with Gasteiger partial charge in [0, 0.05) is 11.8 Å². The van der Waals surface area contributed by atoms with E-state index in [2.05, 4.69) is 4.99 Å². The van der Waals surface area contributed by atoms with E-state index in [-0.39, 0.29) is 19.0 Å². The Morgan fingerprint density at radius 1 is 1.31 bits per heavy atom. The number of hydrogen-bond donors (Lipinski definition) is 3. The third-order valence-corrected chi connectivity index (χ3v) is 2.38. The summed E-state index contributed by atoms with van der Waals surface area (Å²) in [5.74, 6) is 0.132. The summed E-state index contributed by atoms with van der Waals surface area (Å²) >= 11 is 0. The van der Waals surface area contributed by atoms with Crippen LogP contribution in [0, 0.1) is 6.92 Å². The first-order valence-electron chi connectivity index (χ1n) is 5.07. The van der Waals surface area contributed by atoms with Gasteiger partial charge < -0.3 is 15.3 Å². The Balaban J connectivity index is 2.95. The summed E-state index contributed by atoms with van der Waals surface area (Å²) in [7, 11) is 0. The van der Waals surface area contributed by atoms with Crippen LogP contribution in [0.2, 0.25) is 0 Å². The maximum atomic E-state index is 9.56. The number of aliphatic imine (C=N–C) groups is 1. The second-order valence-electron chi connectivity index (χ2n) is 4.13. The molecule has 4 heteroatoms. The molecule has 0 atom stereocenters. The summed E-state index contributed by atoms with van der Waals surface area (Å²) in [6.07, 6.45) is 1.47. The Morgan fingerprint density at radius 2 is 1.94 bits per heavy atom. The molecule has 16 heavy (non-hydrogen) atoms. The zero-order valence-electron chi connectivity index (χ0n) is 9.51. The summed E-state index contributed by atoms with van der Waals surface area (Å²) in [5, 5.41) is 27.7. The van der Waals surface area contributed by atoms with Crippen LogP contribution in [0.3, 0.4) is 0 Å². The summed E-state index contributed by atoms with van der Waals surface area (Å²) in [6, 6.07) is 5.17. The molecule has 1 rings (SSSR count).